The molecule has 0 saturated heterocycles. The molecule has 0 saturated carbocycles. The largest absolute Gasteiger partial charge is 0.481 e. The van der Waals surface area contributed by atoms with E-state index in [2.05, 4.69) is 31.2 Å². The van der Waals surface area contributed by atoms with E-state index in [1.54, 1.807) is 6.20 Å². The molecule has 0 bridgehead atoms. The zero-order valence-electron chi connectivity index (χ0n) is 26.6. The Morgan fingerprint density at radius 3 is 2.19 bits per heavy atom. The molecule has 17 heteroatoms. The molecule has 0 aliphatic rings. The van der Waals surface area contributed by atoms with E-state index >= 15 is 0 Å². The monoisotopic (exact) mass is 658 g/mol. The first-order valence-corrected chi connectivity index (χ1v) is 15.2. The summed E-state index contributed by atoms with van der Waals surface area (Å²) < 4.78 is 0. The summed E-state index contributed by atoms with van der Waals surface area (Å²) in [6.07, 6.45) is 1.95. The van der Waals surface area contributed by atoms with Crippen LogP contribution in [0, 0.1) is 5.92 Å². The number of aromatic amines is 1. The fourth-order valence-electron chi connectivity index (χ4n) is 4.72. The normalized spacial score (nSPS) is 13.5. The number of amides is 5. The molecule has 258 valence electrons. The first-order chi connectivity index (χ1) is 22.2. The lowest BCUT2D eigenvalue weighted by Gasteiger charge is -2.25. The van der Waals surface area contributed by atoms with Crippen molar-refractivity contribution >= 4 is 52.4 Å². The van der Waals surface area contributed by atoms with E-state index in [0.717, 1.165) is 16.5 Å². The van der Waals surface area contributed by atoms with E-state index in [9.17, 15) is 28.8 Å². The molecule has 5 amide bonds. The highest BCUT2D eigenvalue weighted by Crippen LogP contribution is 2.19. The molecule has 2 rings (SSSR count). The minimum atomic E-state index is -1.15. The molecule has 14 N–H and O–H groups in total. The van der Waals surface area contributed by atoms with Crippen LogP contribution in [-0.2, 0) is 35.2 Å². The quantitative estimate of drug-likeness (QED) is 0.0426. The van der Waals surface area contributed by atoms with Gasteiger partial charge in [-0.05, 0) is 43.2 Å². The van der Waals surface area contributed by atoms with Crippen molar-refractivity contribution < 1.29 is 33.9 Å². The summed E-state index contributed by atoms with van der Waals surface area (Å²) in [6.45, 7) is 3.31. The highest BCUT2D eigenvalue weighted by molar-refractivity contribution is 5.95. The fraction of sp³-hybridized carbons (Fsp3) is 0.500. The maximum absolute atomic E-state index is 13.5. The molecular formula is C30H46N10O7. The molecule has 4 atom stereocenters. The number of para-hydroxylation sites is 1. The summed E-state index contributed by atoms with van der Waals surface area (Å²) in [5, 5.41) is 19.8. The van der Waals surface area contributed by atoms with Crippen molar-refractivity contribution in [2.45, 2.75) is 76.5 Å². The molecule has 0 aliphatic heterocycles. The van der Waals surface area contributed by atoms with Gasteiger partial charge >= 0.3 is 5.97 Å². The number of H-pyrrole nitrogens is 1. The number of carboxylic acids is 1. The third-order valence-electron chi connectivity index (χ3n) is 7.13. The molecule has 0 spiro atoms. The summed E-state index contributed by atoms with van der Waals surface area (Å²) in [6, 6.07) is 2.97. The number of carbonyl (C=O) groups excluding carboxylic acids is 5. The molecule has 0 fully saturated rings. The number of aliphatic imine (C=N–C) groups is 1. The van der Waals surface area contributed by atoms with Crippen LogP contribution in [0.5, 0.6) is 0 Å². The van der Waals surface area contributed by atoms with Crippen LogP contribution in [0.3, 0.4) is 0 Å². The van der Waals surface area contributed by atoms with E-state index in [0.29, 0.717) is 0 Å². The van der Waals surface area contributed by atoms with E-state index in [1.807, 2.05) is 38.1 Å². The summed E-state index contributed by atoms with van der Waals surface area (Å²) in [5.41, 5.74) is 23.7. The summed E-state index contributed by atoms with van der Waals surface area (Å²) in [4.78, 5) is 81.9. The van der Waals surface area contributed by atoms with Gasteiger partial charge in [-0.3, -0.25) is 33.8 Å². The number of aromatic nitrogens is 1. The SMILES string of the molecule is CC(C)C[C@H](NC(=O)CNC(=O)[C@@H](N)CCC(=O)O)C(=O)N[C@@H](CCCN=C(N)N)C(=O)N[C@@H](Cc1c[nH]c2ccccc12)C(N)=O. The maximum atomic E-state index is 13.5. The van der Waals surface area contributed by atoms with Gasteiger partial charge in [0.25, 0.3) is 0 Å². The van der Waals surface area contributed by atoms with Crippen LogP contribution in [0.4, 0.5) is 0 Å². The van der Waals surface area contributed by atoms with Crippen LogP contribution >= 0.6 is 0 Å². The Kier molecular flexibility index (Phi) is 15.1. The second-order valence-electron chi connectivity index (χ2n) is 11.5. The van der Waals surface area contributed by atoms with Crippen molar-refractivity contribution in [3.05, 3.63) is 36.0 Å². The smallest absolute Gasteiger partial charge is 0.303 e. The number of nitrogens with zero attached hydrogens (tertiary/aromatic N) is 1. The van der Waals surface area contributed by atoms with Crippen LogP contribution in [-0.4, -0.2) is 88.8 Å². The van der Waals surface area contributed by atoms with Crippen LogP contribution in [0.25, 0.3) is 10.9 Å². The Hall–Kier alpha value is -5.19. The molecule has 1 heterocycles. The van der Waals surface area contributed by atoms with E-state index in [-0.39, 0.29) is 56.9 Å². The summed E-state index contributed by atoms with van der Waals surface area (Å²) >= 11 is 0. The zero-order valence-corrected chi connectivity index (χ0v) is 26.6. The number of benzene rings is 1. The minimum Gasteiger partial charge on any atom is -0.481 e. The predicted molar refractivity (Wildman–Crippen MR) is 174 cm³/mol. The predicted octanol–water partition coefficient (Wildman–Crippen LogP) is -1.94. The Balaban J connectivity index is 2.15. The van der Waals surface area contributed by atoms with Gasteiger partial charge in [0.15, 0.2) is 5.96 Å². The topological polar surface area (TPSA) is 303 Å². The average molecular weight is 659 g/mol. The summed E-state index contributed by atoms with van der Waals surface area (Å²) in [7, 11) is 0. The first kappa shape index (κ1) is 38.0. The Morgan fingerprint density at radius 1 is 0.894 bits per heavy atom. The van der Waals surface area contributed by atoms with Crippen LogP contribution < -0.4 is 44.2 Å². The molecule has 0 unspecified atom stereocenters. The molecule has 47 heavy (non-hydrogen) atoms. The van der Waals surface area contributed by atoms with Crippen molar-refractivity contribution in [2.75, 3.05) is 13.1 Å². The van der Waals surface area contributed by atoms with Gasteiger partial charge in [-0.2, -0.15) is 0 Å². The van der Waals surface area contributed by atoms with Crippen molar-refractivity contribution in [1.29, 1.82) is 0 Å². The van der Waals surface area contributed by atoms with Crippen LogP contribution in [0.15, 0.2) is 35.5 Å². The van der Waals surface area contributed by atoms with Crippen molar-refractivity contribution in [3.63, 3.8) is 0 Å². The number of fused-ring (bicyclic) bond motifs is 1. The lowest BCUT2D eigenvalue weighted by atomic mass is 10.0. The molecule has 1 aromatic carbocycles. The molecule has 0 radical (unpaired) electrons. The number of primary amides is 1. The third kappa shape index (κ3) is 13.4. The average Bonchev–Trinajstić information content (AvgIpc) is 3.41. The number of aliphatic carboxylic acids is 1. The van der Waals surface area contributed by atoms with Crippen LogP contribution in [0.2, 0.25) is 0 Å². The van der Waals surface area contributed by atoms with E-state index in [1.165, 1.54) is 0 Å². The maximum Gasteiger partial charge on any atom is 0.303 e. The van der Waals surface area contributed by atoms with Gasteiger partial charge in [0.1, 0.15) is 18.1 Å². The first-order valence-electron chi connectivity index (χ1n) is 15.2. The standard InChI is InChI=1S/C30H46N10O7/c1-16(2)12-23(38-24(41)15-37-27(45)19(31)9-10-25(42)43)29(47)39-21(8-5-11-35-30(33)34)28(46)40-22(26(32)44)13-17-14-36-20-7-4-3-6-18(17)20/h3-4,6-7,14,16,19,21-23,36H,5,8-13,15,31H2,1-2H3,(H2,32,44)(H,37,45)(H,38,41)(H,39,47)(H,40,46)(H,42,43)(H4,33,34,35)/t19-,21-,22-,23-/m0/s1. The lowest BCUT2D eigenvalue weighted by Crippen LogP contribution is -2.57. The van der Waals surface area contributed by atoms with E-state index in [4.69, 9.17) is 28.0 Å². The van der Waals surface area contributed by atoms with Crippen molar-refractivity contribution in [3.8, 4) is 0 Å². The zero-order chi connectivity index (χ0) is 35.1. The molecule has 17 nitrogen and oxygen atoms in total. The minimum absolute atomic E-state index is 0.0605. The number of guanidine groups is 1. The highest BCUT2D eigenvalue weighted by Gasteiger charge is 2.30. The van der Waals surface area contributed by atoms with Gasteiger partial charge in [-0.1, -0.05) is 32.0 Å². The molecule has 1 aromatic heterocycles. The van der Waals surface area contributed by atoms with Crippen molar-refractivity contribution in [2.24, 2.45) is 33.8 Å². The van der Waals surface area contributed by atoms with E-state index < -0.39 is 66.2 Å². The van der Waals surface area contributed by atoms with Crippen molar-refractivity contribution in [1.82, 2.24) is 26.3 Å². The second-order valence-corrected chi connectivity index (χ2v) is 11.5. The number of hydrogen-bond donors (Lipinski definition) is 10. The van der Waals surface area contributed by atoms with Gasteiger partial charge in [0.05, 0.1) is 12.6 Å². The number of rotatable bonds is 20. The molecule has 0 aliphatic carbocycles. The number of carboxylic acid groups (broad SMARTS) is 1. The Labute approximate surface area is 272 Å². The third-order valence-corrected chi connectivity index (χ3v) is 7.13. The number of nitrogens with one attached hydrogen (secondary N) is 5. The number of nitrogens with two attached hydrogens (primary N) is 4. The van der Waals surface area contributed by atoms with Gasteiger partial charge in [0.2, 0.25) is 29.5 Å². The van der Waals surface area contributed by atoms with Gasteiger partial charge in [-0.15, -0.1) is 0 Å². The number of hydrogen-bond acceptors (Lipinski definition) is 8. The second kappa shape index (κ2) is 18.7. The molecule has 2 aromatic rings. The van der Waals surface area contributed by atoms with Gasteiger partial charge in [0, 0.05) is 36.5 Å². The van der Waals surface area contributed by atoms with Gasteiger partial charge in [-0.25, -0.2) is 0 Å². The fourth-order valence-corrected chi connectivity index (χ4v) is 4.72. The molecular weight excluding hydrogens is 612 g/mol. The van der Waals surface area contributed by atoms with Crippen LogP contribution in [0.1, 0.15) is 51.5 Å². The van der Waals surface area contributed by atoms with Gasteiger partial charge < -0.3 is 54.3 Å². The summed E-state index contributed by atoms with van der Waals surface area (Å²) in [5.74, 6) is -4.87. The Morgan fingerprint density at radius 2 is 1.55 bits per heavy atom. The lowest BCUT2D eigenvalue weighted by molar-refractivity contribution is -0.137. The number of carbonyl (C=O) groups is 6. The Bertz CT molecular complexity index is 1440. The highest BCUT2D eigenvalue weighted by atomic mass is 16.4.